The van der Waals surface area contributed by atoms with Gasteiger partial charge in [-0.15, -0.1) is 0 Å². The monoisotopic (exact) mass is 578 g/mol. The van der Waals surface area contributed by atoms with Gasteiger partial charge in [-0.25, -0.2) is 23.5 Å². The number of nitrogens with zero attached hydrogens (tertiary/aromatic N) is 4. The van der Waals surface area contributed by atoms with Crippen molar-refractivity contribution in [2.75, 3.05) is 11.4 Å². The normalized spacial score (nSPS) is 37.1. The number of anilines is 1. The number of ether oxygens (including phenoxy) is 1. The van der Waals surface area contributed by atoms with E-state index in [-0.39, 0.29) is 53.4 Å². The number of benzene rings is 1. The number of aryl methyl sites for hydroxylation is 2. The molecule has 0 radical (unpaired) electrons. The zero-order valence-electron chi connectivity index (χ0n) is 24.4. The van der Waals surface area contributed by atoms with Gasteiger partial charge in [0.05, 0.1) is 28.5 Å². The van der Waals surface area contributed by atoms with Crippen molar-refractivity contribution in [3.63, 3.8) is 0 Å². The molecule has 4 N–H and O–H groups in total. The van der Waals surface area contributed by atoms with Gasteiger partial charge in [0.2, 0.25) is 0 Å². The molecule has 11 nitrogen and oxygen atoms in total. The van der Waals surface area contributed by atoms with Crippen molar-refractivity contribution in [1.82, 2.24) is 20.0 Å². The molecule has 1 aliphatic heterocycles. The third-order valence-electron chi connectivity index (χ3n) is 11.5. The summed E-state index contributed by atoms with van der Waals surface area (Å²) in [5, 5.41) is 18.1. The summed E-state index contributed by atoms with van der Waals surface area (Å²) in [6, 6.07) is 2.22. The van der Waals surface area contributed by atoms with Crippen LogP contribution in [0.1, 0.15) is 56.1 Å². The van der Waals surface area contributed by atoms with E-state index in [1.54, 1.807) is 42.5 Å². The molecule has 1 atom stereocenters. The molecular formula is C30H35FN6O5. The lowest BCUT2D eigenvalue weighted by atomic mass is 8.96. The Labute approximate surface area is 242 Å². The van der Waals surface area contributed by atoms with Gasteiger partial charge in [0.25, 0.3) is 0 Å². The first-order chi connectivity index (χ1) is 19.7. The number of amides is 4. The van der Waals surface area contributed by atoms with Gasteiger partial charge in [-0.05, 0) is 100 Å². The van der Waals surface area contributed by atoms with E-state index in [1.165, 1.54) is 4.90 Å². The SMILES string of the molecule is Cc1cc(-n2nc3c(c2N(C(N)=O)C24C5C6C2C2C4C5C62NC(=O)OC(C)(C)C)[C@H](C)N(C(=O)O)CC3)cc(C)c1F. The van der Waals surface area contributed by atoms with Crippen molar-refractivity contribution < 1.29 is 28.6 Å². The quantitative estimate of drug-likeness (QED) is 0.503. The minimum Gasteiger partial charge on any atom is -0.465 e. The molecule has 0 spiro atoms. The number of nitrogens with one attached hydrogen (secondary N) is 1. The van der Waals surface area contributed by atoms with Gasteiger partial charge >= 0.3 is 18.2 Å². The van der Waals surface area contributed by atoms with E-state index >= 15 is 0 Å². The predicted molar refractivity (Wildman–Crippen MR) is 148 cm³/mol. The van der Waals surface area contributed by atoms with E-state index < -0.39 is 35.4 Å². The van der Waals surface area contributed by atoms with Crippen molar-refractivity contribution in [3.8, 4) is 5.69 Å². The summed E-state index contributed by atoms with van der Waals surface area (Å²) < 4.78 is 21.9. The number of carbonyl (C=O) groups is 3. The minimum atomic E-state index is -1.04. The van der Waals surface area contributed by atoms with Crippen molar-refractivity contribution in [2.24, 2.45) is 41.2 Å². The molecule has 4 amide bonds. The fourth-order valence-electron chi connectivity index (χ4n) is 10.5. The molecule has 2 heterocycles. The number of fused-ring (bicyclic) bond motifs is 1. The molecule has 12 heteroatoms. The third kappa shape index (κ3) is 2.52. The number of carbonyl (C=O) groups excluding carboxylic acids is 2. The number of hydrogen-bond acceptors (Lipinski definition) is 5. The Morgan fingerprint density at radius 1 is 1.12 bits per heavy atom. The predicted octanol–water partition coefficient (Wildman–Crippen LogP) is 3.88. The number of halogens is 1. The van der Waals surface area contributed by atoms with Crippen LogP contribution in [0.3, 0.4) is 0 Å². The molecule has 2 aromatic rings. The van der Waals surface area contributed by atoms with Crippen LogP contribution in [-0.2, 0) is 11.2 Å². The summed E-state index contributed by atoms with van der Waals surface area (Å²) in [4.78, 5) is 41.4. The molecule has 1 aromatic carbocycles. The zero-order chi connectivity index (χ0) is 30.0. The third-order valence-corrected chi connectivity index (χ3v) is 11.5. The van der Waals surface area contributed by atoms with Crippen LogP contribution in [0.4, 0.5) is 24.6 Å². The lowest BCUT2D eigenvalue weighted by Crippen LogP contribution is -3.20. The van der Waals surface area contributed by atoms with Gasteiger partial charge in [0.15, 0.2) is 0 Å². The maximum absolute atomic E-state index is 14.7. The average Bonchev–Trinajstić information content (AvgIpc) is 3.27. The van der Waals surface area contributed by atoms with E-state index in [4.69, 9.17) is 15.6 Å². The second kappa shape index (κ2) is 7.38. The molecule has 0 unspecified atom stereocenters. The molecular weight excluding hydrogens is 543 g/mol. The largest absolute Gasteiger partial charge is 0.465 e. The van der Waals surface area contributed by atoms with Crippen LogP contribution < -0.4 is 16.0 Å². The fraction of sp³-hybridized carbons (Fsp3) is 0.600. The van der Waals surface area contributed by atoms with Crippen molar-refractivity contribution in [1.29, 1.82) is 0 Å². The number of urea groups is 1. The number of carboxylic acid groups (broad SMARTS) is 1. The van der Waals surface area contributed by atoms with E-state index in [0.29, 0.717) is 40.3 Å². The Balaban J connectivity index is 1.21. The molecule has 222 valence electrons. The topological polar surface area (TPSA) is 143 Å². The highest BCUT2D eigenvalue weighted by Crippen LogP contribution is 3.04. The molecule has 0 bridgehead atoms. The highest BCUT2D eigenvalue weighted by atomic mass is 19.1. The van der Waals surface area contributed by atoms with Crippen molar-refractivity contribution in [2.45, 2.75) is 70.7 Å². The highest BCUT2D eigenvalue weighted by molar-refractivity contribution is 5.96. The van der Waals surface area contributed by atoms with Crippen LogP contribution in [0.2, 0.25) is 0 Å². The number of nitrogens with two attached hydrogens (primary N) is 1. The number of rotatable bonds is 4. The maximum atomic E-state index is 14.7. The maximum Gasteiger partial charge on any atom is 0.408 e. The Morgan fingerprint density at radius 3 is 2.19 bits per heavy atom. The summed E-state index contributed by atoms with van der Waals surface area (Å²) in [7, 11) is 0. The van der Waals surface area contributed by atoms with Gasteiger partial charge in [-0.3, -0.25) is 4.90 Å². The lowest BCUT2D eigenvalue weighted by molar-refractivity contribution is -0.583. The van der Waals surface area contributed by atoms with Gasteiger partial charge < -0.3 is 25.8 Å². The lowest BCUT2D eigenvalue weighted by Gasteiger charge is -3.11. The second-order valence-electron chi connectivity index (χ2n) is 14.2. The summed E-state index contributed by atoms with van der Waals surface area (Å²) in [6.07, 6.45) is -1.06. The van der Waals surface area contributed by atoms with E-state index in [0.717, 1.165) is 0 Å². The number of primary amides is 1. The first-order valence-corrected chi connectivity index (χ1v) is 14.7. The van der Waals surface area contributed by atoms with Crippen LogP contribution in [0.5, 0.6) is 0 Å². The first kappa shape index (κ1) is 25.8. The minimum absolute atomic E-state index is 0.185. The van der Waals surface area contributed by atoms with Crippen LogP contribution in [0, 0.1) is 55.2 Å². The number of alkyl carbamates (subject to hydrolysis) is 1. The first-order valence-electron chi connectivity index (χ1n) is 14.7. The summed E-state index contributed by atoms with van der Waals surface area (Å²) in [5.74, 6) is 1.48. The Morgan fingerprint density at radius 2 is 1.69 bits per heavy atom. The van der Waals surface area contributed by atoms with E-state index in [9.17, 15) is 23.9 Å². The Hall–Kier alpha value is -3.83. The van der Waals surface area contributed by atoms with Crippen LogP contribution in [-0.4, -0.2) is 61.2 Å². The Bertz CT molecular complexity index is 1570. The van der Waals surface area contributed by atoms with Crippen molar-refractivity contribution >= 4 is 24.0 Å². The van der Waals surface area contributed by atoms with Gasteiger partial charge in [0.1, 0.15) is 17.2 Å². The fourth-order valence-corrected chi connectivity index (χ4v) is 10.5. The molecule has 6 saturated carbocycles. The van der Waals surface area contributed by atoms with E-state index in [1.807, 2.05) is 20.8 Å². The highest BCUT2D eigenvalue weighted by Gasteiger charge is 3.12. The van der Waals surface area contributed by atoms with Gasteiger partial charge in [0, 0.05) is 18.5 Å². The van der Waals surface area contributed by atoms with Crippen LogP contribution >= 0.6 is 0 Å². The number of aromatic nitrogens is 2. The standard InChI is InChI=1S/C30H35FN6O5/c1-11-9-14(10-12(2)23(11)31)37-24(16-13(3)35(27(40)41)8-7-15(16)34-37)36(25(32)38)30-20-17-21(30)19-22(30)18(20)29(17,19)33-26(39)42-28(4,5)6/h9-10,13,17-22H,7-8H2,1-6H3,(H2,32,38)(H,33,39)(H,40,41)/t13-,17?,18?,19?,20?,21?,22?,29?,30?/m0/s1. The summed E-state index contributed by atoms with van der Waals surface area (Å²) in [5.41, 5.74) is 7.75. The van der Waals surface area contributed by atoms with Crippen LogP contribution in [0.25, 0.3) is 5.69 Å². The van der Waals surface area contributed by atoms with Gasteiger partial charge in [-0.1, -0.05) is 0 Å². The van der Waals surface area contributed by atoms with Crippen LogP contribution in [0.15, 0.2) is 12.1 Å². The molecule has 6 aliphatic carbocycles. The number of hydrogen-bond donors (Lipinski definition) is 3. The molecule has 6 fully saturated rings. The Kier molecular flexibility index (Phi) is 4.54. The molecule has 9 rings (SSSR count). The average molecular weight is 579 g/mol. The molecule has 7 aliphatic rings. The second-order valence-corrected chi connectivity index (χ2v) is 14.2. The summed E-state index contributed by atoms with van der Waals surface area (Å²) in [6.45, 7) is 11.0. The molecule has 1 aromatic heterocycles. The van der Waals surface area contributed by atoms with Gasteiger partial charge in [-0.2, -0.15) is 5.10 Å². The zero-order valence-corrected chi connectivity index (χ0v) is 24.4. The van der Waals surface area contributed by atoms with E-state index in [2.05, 4.69) is 5.32 Å². The van der Waals surface area contributed by atoms with Crippen molar-refractivity contribution in [3.05, 3.63) is 40.3 Å². The smallest absolute Gasteiger partial charge is 0.408 e. The molecule has 42 heavy (non-hydrogen) atoms. The summed E-state index contributed by atoms with van der Waals surface area (Å²) >= 11 is 0. The molecule has 0 saturated heterocycles.